The number of carbonyl (C=O) groups is 1. The van der Waals surface area contributed by atoms with E-state index in [4.69, 9.17) is 9.47 Å². The van der Waals surface area contributed by atoms with Crippen molar-refractivity contribution < 1.29 is 14.3 Å². The molecule has 2 rings (SSSR count). The highest BCUT2D eigenvalue weighted by atomic mass is 79.9. The van der Waals surface area contributed by atoms with Crippen LogP contribution in [0.2, 0.25) is 0 Å². The number of hydrogen-bond acceptors (Lipinski definition) is 4. The van der Waals surface area contributed by atoms with Crippen LogP contribution >= 0.6 is 15.9 Å². The Kier molecular flexibility index (Phi) is 4.04. The number of aromatic nitrogens is 2. The van der Waals surface area contributed by atoms with Crippen LogP contribution in [0.4, 0.5) is 4.79 Å². The van der Waals surface area contributed by atoms with Crippen LogP contribution in [-0.4, -0.2) is 28.4 Å². The summed E-state index contributed by atoms with van der Waals surface area (Å²) in [5.41, 5.74) is 1.78. The first-order valence-electron chi connectivity index (χ1n) is 6.19. The third-order valence-corrected chi connectivity index (χ3v) is 3.30. The zero-order chi connectivity index (χ0) is 14.9. The highest BCUT2D eigenvalue weighted by Gasteiger charge is 2.22. The fraction of sp³-hybridized carbons (Fsp3) is 0.429. The van der Waals surface area contributed by atoms with E-state index in [1.54, 1.807) is 7.11 Å². The van der Waals surface area contributed by atoms with Crippen molar-refractivity contribution in [2.24, 2.45) is 0 Å². The number of halogens is 1. The number of methoxy groups -OCH3 is 1. The summed E-state index contributed by atoms with van der Waals surface area (Å²) in [5, 5.41) is 0.652. The molecule has 1 aromatic carbocycles. The van der Waals surface area contributed by atoms with E-state index in [2.05, 4.69) is 20.9 Å². The summed E-state index contributed by atoms with van der Waals surface area (Å²) in [5.74, 6) is 0.591. The van der Waals surface area contributed by atoms with E-state index >= 15 is 0 Å². The minimum atomic E-state index is -0.562. The van der Waals surface area contributed by atoms with Gasteiger partial charge in [-0.05, 0) is 32.4 Å². The molecule has 0 saturated heterocycles. The molecular weight excluding hydrogens is 324 g/mol. The number of fused-ring (bicyclic) bond motifs is 1. The molecule has 1 heterocycles. The summed E-state index contributed by atoms with van der Waals surface area (Å²) in [6.07, 6.45) is 0.998. The number of alkyl halides is 1. The van der Waals surface area contributed by atoms with E-state index in [0.29, 0.717) is 16.6 Å². The third-order valence-electron chi connectivity index (χ3n) is 2.70. The molecule has 5 nitrogen and oxygen atoms in total. The van der Waals surface area contributed by atoms with Gasteiger partial charge in [0.2, 0.25) is 0 Å². The van der Waals surface area contributed by atoms with Gasteiger partial charge < -0.3 is 9.47 Å². The average Bonchev–Trinajstić information content (AvgIpc) is 2.80. The fourth-order valence-corrected chi connectivity index (χ4v) is 2.33. The Hall–Kier alpha value is -1.56. The van der Waals surface area contributed by atoms with Crippen molar-refractivity contribution in [3.63, 3.8) is 0 Å². The topological polar surface area (TPSA) is 53.4 Å². The van der Waals surface area contributed by atoms with Gasteiger partial charge in [-0.3, -0.25) is 0 Å². The van der Waals surface area contributed by atoms with Crippen LogP contribution in [0, 0.1) is 0 Å². The van der Waals surface area contributed by atoms with Gasteiger partial charge in [-0.15, -0.1) is 0 Å². The molecule has 0 saturated carbocycles. The molecule has 0 amide bonds. The molecule has 0 atom stereocenters. The molecule has 0 fully saturated rings. The molecule has 0 spiro atoms. The standard InChI is InChI=1S/C14H17BrN2O3/c1-14(2,3)20-13(18)17-8-16-11-9(7-15)5-6-10(19-4)12(11)17/h5-6,8H,7H2,1-4H3. The average molecular weight is 341 g/mol. The lowest BCUT2D eigenvalue weighted by Gasteiger charge is -2.19. The number of rotatable bonds is 2. The summed E-state index contributed by atoms with van der Waals surface area (Å²) in [4.78, 5) is 16.5. The Balaban J connectivity index is 2.57. The minimum absolute atomic E-state index is 0.468. The number of imidazole rings is 1. The molecular formula is C14H17BrN2O3. The van der Waals surface area contributed by atoms with Crippen molar-refractivity contribution >= 4 is 33.1 Å². The summed E-state index contributed by atoms with van der Waals surface area (Å²) in [7, 11) is 1.56. The molecule has 108 valence electrons. The van der Waals surface area contributed by atoms with Crippen molar-refractivity contribution in [3.05, 3.63) is 24.0 Å². The number of hydrogen-bond donors (Lipinski definition) is 0. The maximum absolute atomic E-state index is 12.2. The molecule has 0 aliphatic heterocycles. The zero-order valence-corrected chi connectivity index (χ0v) is 13.5. The van der Waals surface area contributed by atoms with Crippen LogP contribution in [0.3, 0.4) is 0 Å². The van der Waals surface area contributed by atoms with E-state index in [1.165, 1.54) is 10.9 Å². The van der Waals surface area contributed by atoms with Crippen LogP contribution in [0.5, 0.6) is 5.75 Å². The zero-order valence-electron chi connectivity index (χ0n) is 11.9. The lowest BCUT2D eigenvalue weighted by molar-refractivity contribution is 0.0543. The highest BCUT2D eigenvalue weighted by molar-refractivity contribution is 9.08. The largest absolute Gasteiger partial charge is 0.494 e. The van der Waals surface area contributed by atoms with E-state index in [0.717, 1.165) is 11.1 Å². The van der Waals surface area contributed by atoms with Gasteiger partial charge >= 0.3 is 6.09 Å². The van der Waals surface area contributed by atoms with Gasteiger partial charge in [-0.25, -0.2) is 14.3 Å². The van der Waals surface area contributed by atoms with Crippen molar-refractivity contribution in [1.29, 1.82) is 0 Å². The number of nitrogens with zero attached hydrogens (tertiary/aromatic N) is 2. The van der Waals surface area contributed by atoms with E-state index in [-0.39, 0.29) is 0 Å². The Morgan fingerprint density at radius 2 is 2.10 bits per heavy atom. The van der Waals surface area contributed by atoms with Crippen molar-refractivity contribution in [1.82, 2.24) is 9.55 Å². The van der Waals surface area contributed by atoms with Crippen LogP contribution < -0.4 is 4.74 Å². The number of ether oxygens (including phenoxy) is 2. The minimum Gasteiger partial charge on any atom is -0.494 e. The number of benzene rings is 1. The maximum atomic E-state index is 12.2. The summed E-state index contributed by atoms with van der Waals surface area (Å²) in [6.45, 7) is 5.47. The van der Waals surface area contributed by atoms with Gasteiger partial charge in [0.05, 0.1) is 12.6 Å². The summed E-state index contributed by atoms with van der Waals surface area (Å²) < 4.78 is 12.1. The second kappa shape index (κ2) is 5.44. The van der Waals surface area contributed by atoms with Crippen LogP contribution in [0.1, 0.15) is 26.3 Å². The molecule has 20 heavy (non-hydrogen) atoms. The lowest BCUT2D eigenvalue weighted by atomic mass is 10.2. The van der Waals surface area contributed by atoms with E-state index < -0.39 is 11.7 Å². The van der Waals surface area contributed by atoms with Gasteiger partial charge in [0, 0.05) is 5.33 Å². The van der Waals surface area contributed by atoms with Crippen molar-refractivity contribution in [3.8, 4) is 5.75 Å². The van der Waals surface area contributed by atoms with Gasteiger partial charge in [0.1, 0.15) is 23.2 Å². The Bertz CT molecular complexity index is 644. The second-order valence-corrected chi connectivity index (χ2v) is 5.91. The third kappa shape index (κ3) is 2.80. The molecule has 0 aliphatic rings. The second-order valence-electron chi connectivity index (χ2n) is 5.35. The van der Waals surface area contributed by atoms with Crippen molar-refractivity contribution in [2.45, 2.75) is 31.7 Å². The first-order chi connectivity index (χ1) is 9.37. The SMILES string of the molecule is COc1ccc(CBr)c2ncn(C(=O)OC(C)(C)C)c12. The van der Waals surface area contributed by atoms with Crippen LogP contribution in [0.15, 0.2) is 18.5 Å². The van der Waals surface area contributed by atoms with Crippen molar-refractivity contribution in [2.75, 3.05) is 7.11 Å². The van der Waals surface area contributed by atoms with E-state index in [9.17, 15) is 4.79 Å². The predicted molar refractivity (Wildman–Crippen MR) is 80.5 cm³/mol. The normalized spacial score (nSPS) is 11.7. The fourth-order valence-electron chi connectivity index (χ4n) is 1.88. The lowest BCUT2D eigenvalue weighted by Crippen LogP contribution is -2.26. The smallest absolute Gasteiger partial charge is 0.420 e. The quantitative estimate of drug-likeness (QED) is 0.781. The van der Waals surface area contributed by atoms with Gasteiger partial charge in [-0.2, -0.15) is 0 Å². The van der Waals surface area contributed by atoms with Gasteiger partial charge in [-0.1, -0.05) is 22.0 Å². The highest BCUT2D eigenvalue weighted by Crippen LogP contribution is 2.29. The first-order valence-corrected chi connectivity index (χ1v) is 7.31. The predicted octanol–water partition coefficient (Wildman–Crippen LogP) is 3.72. The maximum Gasteiger partial charge on any atom is 0.420 e. The Morgan fingerprint density at radius 1 is 1.40 bits per heavy atom. The monoisotopic (exact) mass is 340 g/mol. The van der Waals surface area contributed by atoms with Gasteiger partial charge in [0.15, 0.2) is 0 Å². The molecule has 6 heteroatoms. The van der Waals surface area contributed by atoms with Gasteiger partial charge in [0.25, 0.3) is 0 Å². The van der Waals surface area contributed by atoms with E-state index in [1.807, 2.05) is 32.9 Å². The summed E-state index contributed by atoms with van der Waals surface area (Å²) >= 11 is 3.41. The molecule has 0 aliphatic carbocycles. The first kappa shape index (κ1) is 14.8. The molecule has 0 radical (unpaired) electrons. The van der Waals surface area contributed by atoms with Crippen LogP contribution in [-0.2, 0) is 10.1 Å². The molecule has 2 aromatic rings. The molecule has 0 bridgehead atoms. The molecule has 1 aromatic heterocycles. The Morgan fingerprint density at radius 3 is 2.65 bits per heavy atom. The molecule has 0 N–H and O–H groups in total. The Labute approximate surface area is 126 Å². The van der Waals surface area contributed by atoms with Crippen LogP contribution in [0.25, 0.3) is 11.0 Å². The summed E-state index contributed by atoms with van der Waals surface area (Å²) in [6, 6.07) is 3.74. The molecule has 0 unspecified atom stereocenters. The number of carbonyl (C=O) groups excluding carboxylic acids is 1.